The summed E-state index contributed by atoms with van der Waals surface area (Å²) in [6.45, 7) is 0.950. The highest BCUT2D eigenvalue weighted by Gasteiger charge is 2.25. The molecule has 0 aromatic heterocycles. The zero-order valence-corrected chi connectivity index (χ0v) is 10.5. The first-order valence-electron chi connectivity index (χ1n) is 6.07. The molecule has 1 atom stereocenters. The van der Waals surface area contributed by atoms with Gasteiger partial charge in [0.15, 0.2) is 17.7 Å². The maximum atomic E-state index is 14.0. The zero-order valence-electron chi connectivity index (χ0n) is 10.5. The van der Waals surface area contributed by atoms with Gasteiger partial charge in [0.25, 0.3) is 0 Å². The van der Waals surface area contributed by atoms with Gasteiger partial charge in [-0.05, 0) is 25.0 Å². The van der Waals surface area contributed by atoms with E-state index < -0.39 is 35.1 Å². The van der Waals surface area contributed by atoms with E-state index in [0.29, 0.717) is 13.1 Å². The van der Waals surface area contributed by atoms with E-state index in [1.165, 1.54) is 11.0 Å². The molecule has 20 heavy (non-hydrogen) atoms. The average molecular weight is 282 g/mol. The number of carbonyl (C=O) groups is 1. The SMILES string of the molecule is N#CC(O)c1ccc(F)c(OC(=O)N2CCCC2)c1F. The van der Waals surface area contributed by atoms with Crippen LogP contribution in [0.4, 0.5) is 13.6 Å². The average Bonchev–Trinajstić information content (AvgIpc) is 2.96. The van der Waals surface area contributed by atoms with E-state index in [9.17, 15) is 18.7 Å². The maximum absolute atomic E-state index is 14.0. The molecule has 0 aliphatic carbocycles. The van der Waals surface area contributed by atoms with Crippen LogP contribution in [0.1, 0.15) is 24.5 Å². The predicted molar refractivity (Wildman–Crippen MR) is 63.8 cm³/mol. The predicted octanol–water partition coefficient (Wildman–Crippen LogP) is 2.12. The Morgan fingerprint density at radius 3 is 2.65 bits per heavy atom. The summed E-state index contributed by atoms with van der Waals surface area (Å²) in [5.74, 6) is -3.20. The van der Waals surface area contributed by atoms with Gasteiger partial charge >= 0.3 is 6.09 Å². The number of aliphatic hydroxyl groups is 1. The number of aliphatic hydroxyl groups excluding tert-OH is 1. The molecule has 1 aromatic rings. The van der Waals surface area contributed by atoms with Crippen LogP contribution < -0.4 is 4.74 Å². The van der Waals surface area contributed by atoms with Crippen LogP contribution in [0.3, 0.4) is 0 Å². The van der Waals surface area contributed by atoms with Crippen molar-refractivity contribution >= 4 is 6.09 Å². The summed E-state index contributed by atoms with van der Waals surface area (Å²) in [6.07, 6.45) is -0.968. The molecule has 0 spiro atoms. The number of amides is 1. The molecule has 1 aromatic carbocycles. The molecule has 1 saturated heterocycles. The van der Waals surface area contributed by atoms with Gasteiger partial charge in [0, 0.05) is 18.7 Å². The Morgan fingerprint density at radius 2 is 2.05 bits per heavy atom. The number of likely N-dealkylation sites (tertiary alicyclic amines) is 1. The number of rotatable bonds is 2. The highest BCUT2D eigenvalue weighted by atomic mass is 19.1. The van der Waals surface area contributed by atoms with Gasteiger partial charge in [-0.3, -0.25) is 0 Å². The van der Waals surface area contributed by atoms with E-state index in [1.807, 2.05) is 0 Å². The normalized spacial score (nSPS) is 15.8. The molecular weight excluding hydrogens is 270 g/mol. The van der Waals surface area contributed by atoms with Crippen molar-refractivity contribution in [3.8, 4) is 11.8 Å². The summed E-state index contributed by atoms with van der Waals surface area (Å²) < 4.78 is 32.2. The number of halogens is 2. The van der Waals surface area contributed by atoms with Crippen LogP contribution >= 0.6 is 0 Å². The lowest BCUT2D eigenvalue weighted by Crippen LogP contribution is -2.31. The van der Waals surface area contributed by atoms with E-state index in [2.05, 4.69) is 0 Å². The highest BCUT2D eigenvalue weighted by molar-refractivity contribution is 5.71. The minimum absolute atomic E-state index is 0.432. The highest BCUT2D eigenvalue weighted by Crippen LogP contribution is 2.29. The number of ether oxygens (including phenoxy) is 1. The fourth-order valence-electron chi connectivity index (χ4n) is 1.97. The number of nitriles is 1. The van der Waals surface area contributed by atoms with Crippen LogP contribution in [0.15, 0.2) is 12.1 Å². The van der Waals surface area contributed by atoms with Crippen molar-refractivity contribution in [2.24, 2.45) is 0 Å². The van der Waals surface area contributed by atoms with Gasteiger partial charge in [-0.2, -0.15) is 5.26 Å². The van der Waals surface area contributed by atoms with Crippen LogP contribution in [-0.4, -0.2) is 29.2 Å². The summed E-state index contributed by atoms with van der Waals surface area (Å²) in [4.78, 5) is 13.1. The van der Waals surface area contributed by atoms with E-state index in [-0.39, 0.29) is 0 Å². The Morgan fingerprint density at radius 1 is 1.40 bits per heavy atom. The summed E-state index contributed by atoms with van der Waals surface area (Å²) >= 11 is 0. The minimum atomic E-state index is -1.75. The Kier molecular flexibility index (Phi) is 4.15. The summed E-state index contributed by atoms with van der Waals surface area (Å²) in [5, 5.41) is 17.8. The molecule has 1 unspecified atom stereocenters. The molecule has 2 rings (SSSR count). The van der Waals surface area contributed by atoms with Crippen molar-refractivity contribution in [1.29, 1.82) is 5.26 Å². The first kappa shape index (κ1) is 14.2. The second-order valence-electron chi connectivity index (χ2n) is 4.37. The molecule has 1 aliphatic heterocycles. The molecule has 106 valence electrons. The summed E-state index contributed by atoms with van der Waals surface area (Å²) in [7, 11) is 0. The molecule has 7 heteroatoms. The van der Waals surface area contributed by atoms with Crippen molar-refractivity contribution in [2.45, 2.75) is 18.9 Å². The zero-order chi connectivity index (χ0) is 14.7. The van der Waals surface area contributed by atoms with Crippen LogP contribution in [-0.2, 0) is 0 Å². The third kappa shape index (κ3) is 2.70. The first-order valence-corrected chi connectivity index (χ1v) is 6.07. The second-order valence-corrected chi connectivity index (χ2v) is 4.37. The Hall–Kier alpha value is -2.20. The van der Waals surface area contributed by atoms with Crippen molar-refractivity contribution in [2.75, 3.05) is 13.1 Å². The van der Waals surface area contributed by atoms with Gasteiger partial charge in [-0.25, -0.2) is 13.6 Å². The largest absolute Gasteiger partial charge is 0.415 e. The number of benzene rings is 1. The Bertz CT molecular complexity index is 565. The molecule has 5 nitrogen and oxygen atoms in total. The monoisotopic (exact) mass is 282 g/mol. The third-order valence-corrected chi connectivity index (χ3v) is 3.05. The van der Waals surface area contributed by atoms with E-state index in [0.717, 1.165) is 25.0 Å². The fraction of sp³-hybridized carbons (Fsp3) is 0.385. The first-order chi connectivity index (χ1) is 9.54. The fourth-order valence-corrected chi connectivity index (χ4v) is 1.97. The topological polar surface area (TPSA) is 73.6 Å². The molecule has 1 fully saturated rings. The number of nitrogens with zero attached hydrogens (tertiary/aromatic N) is 2. The number of carbonyl (C=O) groups excluding carboxylic acids is 1. The third-order valence-electron chi connectivity index (χ3n) is 3.05. The molecule has 1 N–H and O–H groups in total. The Balaban J connectivity index is 2.26. The van der Waals surface area contributed by atoms with Gasteiger partial charge < -0.3 is 14.7 Å². The molecule has 1 amide bonds. The molecule has 0 bridgehead atoms. The lowest BCUT2D eigenvalue weighted by molar-refractivity contribution is 0.157. The van der Waals surface area contributed by atoms with Crippen LogP contribution in [0.5, 0.6) is 5.75 Å². The standard InChI is InChI=1S/C13H12F2N2O3/c14-9-4-3-8(10(18)7-16)11(15)12(9)20-13(19)17-5-1-2-6-17/h3-4,10,18H,1-2,5-6H2. The van der Waals surface area contributed by atoms with Crippen molar-refractivity contribution in [3.63, 3.8) is 0 Å². The molecule has 1 heterocycles. The van der Waals surface area contributed by atoms with E-state index in [4.69, 9.17) is 10.00 Å². The molecule has 0 saturated carbocycles. The van der Waals surface area contributed by atoms with Crippen LogP contribution in [0.25, 0.3) is 0 Å². The van der Waals surface area contributed by atoms with Gasteiger partial charge in [0.2, 0.25) is 5.75 Å². The van der Waals surface area contributed by atoms with Gasteiger partial charge in [0.1, 0.15) is 0 Å². The van der Waals surface area contributed by atoms with Gasteiger partial charge in [0.05, 0.1) is 6.07 Å². The Labute approximate surface area is 114 Å². The van der Waals surface area contributed by atoms with Crippen LogP contribution in [0, 0.1) is 23.0 Å². The molecular formula is C13H12F2N2O3. The van der Waals surface area contributed by atoms with Crippen molar-refractivity contribution < 1.29 is 23.4 Å². The quantitative estimate of drug-likeness (QED) is 0.843. The van der Waals surface area contributed by atoms with E-state index >= 15 is 0 Å². The van der Waals surface area contributed by atoms with Gasteiger partial charge in [-0.15, -0.1) is 0 Å². The number of hydrogen-bond acceptors (Lipinski definition) is 4. The second kappa shape index (κ2) is 5.84. The summed E-state index contributed by atoms with van der Waals surface area (Å²) in [6, 6.07) is 3.19. The van der Waals surface area contributed by atoms with Crippen LogP contribution in [0.2, 0.25) is 0 Å². The maximum Gasteiger partial charge on any atom is 0.415 e. The lowest BCUT2D eigenvalue weighted by Gasteiger charge is -2.16. The molecule has 0 radical (unpaired) electrons. The van der Waals surface area contributed by atoms with Gasteiger partial charge in [-0.1, -0.05) is 0 Å². The smallest absolute Gasteiger partial charge is 0.404 e. The number of hydrogen-bond donors (Lipinski definition) is 1. The molecule has 1 aliphatic rings. The summed E-state index contributed by atoms with van der Waals surface area (Å²) in [5.41, 5.74) is -0.432. The van der Waals surface area contributed by atoms with Crippen molar-refractivity contribution in [1.82, 2.24) is 4.90 Å². The minimum Gasteiger partial charge on any atom is -0.404 e. The van der Waals surface area contributed by atoms with Crippen molar-refractivity contribution in [3.05, 3.63) is 29.3 Å². The lowest BCUT2D eigenvalue weighted by atomic mass is 10.1. The van der Waals surface area contributed by atoms with E-state index in [1.54, 1.807) is 0 Å².